The summed E-state index contributed by atoms with van der Waals surface area (Å²) >= 11 is 3.49. The minimum absolute atomic E-state index is 0.352. The van der Waals surface area contributed by atoms with E-state index in [-0.39, 0.29) is 6.10 Å². The van der Waals surface area contributed by atoms with E-state index in [1.54, 1.807) is 12.4 Å². The highest BCUT2D eigenvalue weighted by molar-refractivity contribution is 9.10. The van der Waals surface area contributed by atoms with Crippen molar-refractivity contribution >= 4 is 38.6 Å². The van der Waals surface area contributed by atoms with Crippen molar-refractivity contribution in [2.45, 2.75) is 18.9 Å². The average Bonchev–Trinajstić information content (AvgIpc) is 2.82. The number of aliphatic hydroxyl groups is 1. The molecule has 6 nitrogen and oxygen atoms in total. The molecule has 1 fully saturated rings. The van der Waals surface area contributed by atoms with Crippen molar-refractivity contribution in [1.29, 1.82) is 0 Å². The highest BCUT2D eigenvalue weighted by atomic mass is 79.9. The standard InChI is InChI=1S/C13H15BrN4O2/c14-9-5-17-13-10(8(4-16-13)12(15)20)11(9)18-3-1-2-7(19)6-18/h4-5,7,19H,1-3,6H2,(H2,15,20)(H,16,17)/t7-/m1/s1. The van der Waals surface area contributed by atoms with Crippen LogP contribution in [-0.2, 0) is 0 Å². The molecule has 2 aromatic heterocycles. The van der Waals surface area contributed by atoms with Crippen molar-refractivity contribution in [2.75, 3.05) is 18.0 Å². The van der Waals surface area contributed by atoms with Crippen molar-refractivity contribution < 1.29 is 9.90 Å². The minimum Gasteiger partial charge on any atom is -0.391 e. The molecule has 0 spiro atoms. The summed E-state index contributed by atoms with van der Waals surface area (Å²) < 4.78 is 0.793. The SMILES string of the molecule is NC(=O)c1c[nH]c2ncc(Br)c(N3CCC[C@@H](O)C3)c12. The highest BCUT2D eigenvalue weighted by Gasteiger charge is 2.24. The number of nitrogens with one attached hydrogen (secondary N) is 1. The molecule has 1 amide bonds. The molecule has 1 atom stereocenters. The van der Waals surface area contributed by atoms with Crippen molar-refractivity contribution in [3.05, 3.63) is 22.4 Å². The van der Waals surface area contributed by atoms with E-state index in [1.165, 1.54) is 0 Å². The monoisotopic (exact) mass is 338 g/mol. The van der Waals surface area contributed by atoms with Crippen LogP contribution < -0.4 is 10.6 Å². The van der Waals surface area contributed by atoms with Crippen molar-refractivity contribution in [2.24, 2.45) is 5.73 Å². The van der Waals surface area contributed by atoms with E-state index in [1.807, 2.05) is 0 Å². The summed E-state index contributed by atoms with van der Waals surface area (Å²) in [5, 5.41) is 10.6. The third-order valence-corrected chi connectivity index (χ3v) is 4.19. The van der Waals surface area contributed by atoms with Gasteiger partial charge >= 0.3 is 0 Å². The van der Waals surface area contributed by atoms with Crippen LogP contribution in [0, 0.1) is 0 Å². The number of aromatic amines is 1. The molecular formula is C13H15BrN4O2. The zero-order chi connectivity index (χ0) is 14.3. The fourth-order valence-electron chi connectivity index (χ4n) is 2.72. The van der Waals surface area contributed by atoms with Gasteiger partial charge in [-0.25, -0.2) is 4.98 Å². The number of H-pyrrole nitrogens is 1. The Balaban J connectivity index is 2.19. The van der Waals surface area contributed by atoms with Crippen LogP contribution in [0.25, 0.3) is 11.0 Å². The van der Waals surface area contributed by atoms with Crippen LogP contribution in [0.15, 0.2) is 16.9 Å². The van der Waals surface area contributed by atoms with E-state index in [9.17, 15) is 9.90 Å². The Morgan fingerprint density at radius 2 is 2.40 bits per heavy atom. The number of aromatic nitrogens is 2. The molecule has 1 saturated heterocycles. The van der Waals surface area contributed by atoms with Gasteiger partial charge in [0.2, 0.25) is 0 Å². The maximum atomic E-state index is 11.6. The van der Waals surface area contributed by atoms with E-state index >= 15 is 0 Å². The van der Waals surface area contributed by atoms with E-state index in [4.69, 9.17) is 5.73 Å². The molecule has 4 N–H and O–H groups in total. The molecule has 3 rings (SSSR count). The Kier molecular flexibility index (Phi) is 3.39. The molecule has 2 aromatic rings. The van der Waals surface area contributed by atoms with Crippen molar-refractivity contribution in [3.8, 4) is 0 Å². The number of amides is 1. The zero-order valence-corrected chi connectivity index (χ0v) is 12.4. The van der Waals surface area contributed by atoms with Crippen molar-refractivity contribution in [3.63, 3.8) is 0 Å². The Hall–Kier alpha value is -1.60. The summed E-state index contributed by atoms with van der Waals surface area (Å²) in [7, 11) is 0. The second-order valence-electron chi connectivity index (χ2n) is 4.99. The highest BCUT2D eigenvalue weighted by Crippen LogP contribution is 2.36. The minimum atomic E-state index is -0.491. The summed E-state index contributed by atoms with van der Waals surface area (Å²) in [6, 6.07) is 0. The number of fused-ring (bicyclic) bond motifs is 1. The number of carbonyl (C=O) groups is 1. The first-order valence-electron chi connectivity index (χ1n) is 6.46. The fourth-order valence-corrected chi connectivity index (χ4v) is 3.27. The smallest absolute Gasteiger partial charge is 0.251 e. The molecular weight excluding hydrogens is 324 g/mol. The number of halogens is 1. The Morgan fingerprint density at radius 1 is 1.60 bits per heavy atom. The van der Waals surface area contributed by atoms with Gasteiger partial charge < -0.3 is 20.7 Å². The predicted molar refractivity (Wildman–Crippen MR) is 79.8 cm³/mol. The van der Waals surface area contributed by atoms with E-state index in [0.29, 0.717) is 23.1 Å². The Morgan fingerprint density at radius 3 is 3.10 bits per heavy atom. The molecule has 0 unspecified atom stereocenters. The van der Waals surface area contributed by atoms with Gasteiger partial charge in [0.05, 0.1) is 27.2 Å². The lowest BCUT2D eigenvalue weighted by Gasteiger charge is -2.33. The van der Waals surface area contributed by atoms with Gasteiger partial charge in [-0.15, -0.1) is 0 Å². The van der Waals surface area contributed by atoms with Gasteiger partial charge in [0.15, 0.2) is 0 Å². The largest absolute Gasteiger partial charge is 0.391 e. The summed E-state index contributed by atoms with van der Waals surface area (Å²) in [6.07, 6.45) is 4.64. The van der Waals surface area contributed by atoms with Gasteiger partial charge in [-0.2, -0.15) is 0 Å². The van der Waals surface area contributed by atoms with Crippen molar-refractivity contribution in [1.82, 2.24) is 9.97 Å². The normalized spacial score (nSPS) is 19.5. The van der Waals surface area contributed by atoms with Gasteiger partial charge in [0.1, 0.15) is 5.65 Å². The number of β-amino-alcohol motifs (C(OH)–C–C–N with tert-alkyl or cyclic N) is 1. The van der Waals surface area contributed by atoms with Crippen LogP contribution in [-0.4, -0.2) is 40.2 Å². The number of primary amides is 1. The first-order valence-corrected chi connectivity index (χ1v) is 7.25. The molecule has 7 heteroatoms. The van der Waals surface area contributed by atoms with Crippen LogP contribution in [0.2, 0.25) is 0 Å². The lowest BCUT2D eigenvalue weighted by atomic mass is 10.1. The maximum Gasteiger partial charge on any atom is 0.251 e. The van der Waals surface area contributed by atoms with Gasteiger partial charge in [-0.1, -0.05) is 0 Å². The number of carbonyl (C=O) groups excluding carboxylic acids is 1. The first-order chi connectivity index (χ1) is 9.58. The van der Waals surface area contributed by atoms with Crippen LogP contribution >= 0.6 is 15.9 Å². The molecule has 0 aliphatic carbocycles. The second kappa shape index (κ2) is 5.06. The summed E-state index contributed by atoms with van der Waals surface area (Å²) in [6.45, 7) is 1.37. The number of hydrogen-bond donors (Lipinski definition) is 3. The topological polar surface area (TPSA) is 95.2 Å². The van der Waals surface area contributed by atoms with Gasteiger partial charge in [0.25, 0.3) is 5.91 Å². The summed E-state index contributed by atoms with van der Waals surface area (Å²) in [5.41, 5.74) is 7.34. The molecule has 106 valence electrons. The van der Waals surface area contributed by atoms with Gasteiger partial charge in [0, 0.05) is 25.5 Å². The molecule has 0 saturated carbocycles. The van der Waals surface area contributed by atoms with Gasteiger partial charge in [-0.05, 0) is 28.8 Å². The fraction of sp³-hybridized carbons (Fsp3) is 0.385. The molecule has 1 aliphatic heterocycles. The van der Waals surface area contributed by atoms with E-state index < -0.39 is 5.91 Å². The third kappa shape index (κ3) is 2.16. The molecule has 0 bridgehead atoms. The van der Waals surface area contributed by atoms with E-state index in [0.717, 1.165) is 29.5 Å². The van der Waals surface area contributed by atoms with Crippen LogP contribution in [0.1, 0.15) is 23.2 Å². The first kappa shape index (κ1) is 13.4. The second-order valence-corrected chi connectivity index (χ2v) is 5.84. The molecule has 3 heterocycles. The van der Waals surface area contributed by atoms with Crippen LogP contribution in [0.5, 0.6) is 0 Å². The summed E-state index contributed by atoms with van der Waals surface area (Å²) in [5.74, 6) is -0.491. The number of nitrogens with zero attached hydrogens (tertiary/aromatic N) is 2. The third-order valence-electron chi connectivity index (χ3n) is 3.61. The molecule has 20 heavy (non-hydrogen) atoms. The number of aliphatic hydroxyl groups excluding tert-OH is 1. The van der Waals surface area contributed by atoms with Crippen LogP contribution in [0.3, 0.4) is 0 Å². The van der Waals surface area contributed by atoms with Crippen LogP contribution in [0.4, 0.5) is 5.69 Å². The molecule has 0 radical (unpaired) electrons. The molecule has 0 aromatic carbocycles. The number of hydrogen-bond acceptors (Lipinski definition) is 4. The lowest BCUT2D eigenvalue weighted by molar-refractivity contribution is 0.100. The van der Waals surface area contributed by atoms with E-state index in [2.05, 4.69) is 30.8 Å². The predicted octanol–water partition coefficient (Wildman–Crippen LogP) is 1.39. The number of anilines is 1. The lowest BCUT2D eigenvalue weighted by Crippen LogP contribution is -2.38. The number of pyridine rings is 1. The number of rotatable bonds is 2. The molecule has 1 aliphatic rings. The quantitative estimate of drug-likeness (QED) is 0.770. The Bertz CT molecular complexity index is 670. The van der Waals surface area contributed by atoms with Gasteiger partial charge in [-0.3, -0.25) is 4.79 Å². The summed E-state index contributed by atoms with van der Waals surface area (Å²) in [4.78, 5) is 20.9. The zero-order valence-electron chi connectivity index (χ0n) is 10.8. The average molecular weight is 339 g/mol. The maximum absolute atomic E-state index is 11.6. The Labute approximate surface area is 124 Å². The number of piperidine rings is 1. The number of nitrogens with two attached hydrogens (primary N) is 1.